The van der Waals surface area contributed by atoms with Gasteiger partial charge in [-0.2, -0.15) is 20.2 Å². The minimum absolute atomic E-state index is 0.316. The summed E-state index contributed by atoms with van der Waals surface area (Å²) in [6.45, 7) is 14.2. The van der Waals surface area contributed by atoms with Crippen molar-refractivity contribution in [2.24, 2.45) is 24.1 Å². The van der Waals surface area contributed by atoms with Crippen molar-refractivity contribution in [2.45, 2.75) is 73.3 Å². The SMILES string of the molecule is CCn1nc(C)cc1C(=O)N=c1n(C)c2ccccc2n1CCCCn1c(=NC(=O)c2cc(C)nn2CC)n(C)c2c(CN3CCOCC3)cccc21. The van der Waals surface area contributed by atoms with Crippen molar-refractivity contribution in [1.29, 1.82) is 0 Å². The number of morpholine rings is 1. The van der Waals surface area contributed by atoms with Crippen LogP contribution in [0.2, 0.25) is 0 Å². The van der Waals surface area contributed by atoms with Crippen LogP contribution in [0.1, 0.15) is 64.6 Å². The molecule has 0 N–H and O–H groups in total. The van der Waals surface area contributed by atoms with Crippen LogP contribution in [0.15, 0.2) is 64.6 Å². The summed E-state index contributed by atoms with van der Waals surface area (Å²) in [7, 11) is 3.95. The van der Waals surface area contributed by atoms with Gasteiger partial charge in [-0.1, -0.05) is 24.3 Å². The molecule has 5 heterocycles. The molecule has 7 rings (SSSR count). The smallest absolute Gasteiger partial charge is 0.298 e. The summed E-state index contributed by atoms with van der Waals surface area (Å²) in [6, 6.07) is 18.1. The van der Waals surface area contributed by atoms with Crippen LogP contribution in [0.4, 0.5) is 0 Å². The largest absolute Gasteiger partial charge is 0.379 e. The molecule has 0 aliphatic carbocycles. The first-order chi connectivity index (χ1) is 25.7. The van der Waals surface area contributed by atoms with Gasteiger partial charge in [0.1, 0.15) is 11.4 Å². The van der Waals surface area contributed by atoms with Crippen molar-refractivity contribution < 1.29 is 14.3 Å². The molecular weight excluding hydrogens is 671 g/mol. The van der Waals surface area contributed by atoms with Crippen molar-refractivity contribution in [2.75, 3.05) is 26.3 Å². The van der Waals surface area contributed by atoms with Gasteiger partial charge in [-0.3, -0.25) is 23.9 Å². The highest BCUT2D eigenvalue weighted by Crippen LogP contribution is 2.21. The van der Waals surface area contributed by atoms with E-state index < -0.39 is 0 Å². The number of benzene rings is 2. The van der Waals surface area contributed by atoms with Gasteiger partial charge in [-0.25, -0.2) is 0 Å². The number of fused-ring (bicyclic) bond motifs is 2. The predicted octanol–water partition coefficient (Wildman–Crippen LogP) is 4.12. The quantitative estimate of drug-likeness (QED) is 0.186. The molecule has 53 heavy (non-hydrogen) atoms. The molecule has 1 saturated heterocycles. The van der Waals surface area contributed by atoms with Crippen LogP contribution in [0, 0.1) is 13.8 Å². The van der Waals surface area contributed by atoms with Crippen LogP contribution in [-0.2, 0) is 51.6 Å². The number of carbonyl (C=O) groups is 2. The first-order valence-corrected chi connectivity index (χ1v) is 18.6. The zero-order chi connectivity index (χ0) is 37.2. The van der Waals surface area contributed by atoms with Crippen LogP contribution in [0.25, 0.3) is 22.1 Å². The van der Waals surface area contributed by atoms with E-state index in [-0.39, 0.29) is 11.8 Å². The fourth-order valence-corrected chi connectivity index (χ4v) is 7.54. The Kier molecular flexibility index (Phi) is 10.4. The highest BCUT2D eigenvalue weighted by Gasteiger charge is 2.20. The average molecular weight is 720 g/mol. The second kappa shape index (κ2) is 15.3. The van der Waals surface area contributed by atoms with E-state index in [9.17, 15) is 9.59 Å². The molecule has 2 aromatic carbocycles. The molecule has 2 amide bonds. The topological polar surface area (TPSA) is 127 Å². The number of rotatable bonds is 11. The van der Waals surface area contributed by atoms with Crippen LogP contribution in [-0.4, -0.2) is 80.8 Å². The number of aryl methyl sites for hydroxylation is 8. The Balaban J connectivity index is 1.23. The highest BCUT2D eigenvalue weighted by atomic mass is 16.5. The van der Waals surface area contributed by atoms with Crippen LogP contribution in [0.3, 0.4) is 0 Å². The number of hydrogen-bond acceptors (Lipinski definition) is 6. The van der Waals surface area contributed by atoms with Gasteiger partial charge < -0.3 is 23.0 Å². The number of hydrogen-bond donors (Lipinski definition) is 0. The standard InChI is InChI=1S/C39H49N11O3/c1-7-49-33(24-27(3)42-49)36(51)40-38-44(5)30-15-9-10-16-31(30)47(38)18-11-12-19-48-32-17-13-14-29(26-46-20-22-53-23-21-46)35(32)45(6)39(48)41-37(52)34-25-28(4)43-50(34)8-2/h9-10,13-17,24-25H,7-8,11-12,18-23,26H2,1-6H3. The number of imidazole rings is 2. The number of amides is 2. The number of aromatic nitrogens is 8. The molecule has 0 radical (unpaired) electrons. The third-order valence-corrected chi connectivity index (χ3v) is 10.1. The summed E-state index contributed by atoms with van der Waals surface area (Å²) >= 11 is 0. The molecule has 6 aromatic rings. The number of carbonyl (C=O) groups excluding carboxylic acids is 2. The zero-order valence-electron chi connectivity index (χ0n) is 31.6. The Labute approximate surface area is 308 Å². The van der Waals surface area contributed by atoms with Crippen molar-refractivity contribution in [3.05, 3.63) is 94.2 Å². The van der Waals surface area contributed by atoms with Gasteiger partial charge in [0.25, 0.3) is 11.8 Å². The Morgan fingerprint density at radius 3 is 1.83 bits per heavy atom. The normalized spacial score (nSPS) is 14.7. The zero-order valence-corrected chi connectivity index (χ0v) is 31.6. The molecule has 1 aliphatic rings. The molecule has 4 aromatic heterocycles. The maximum Gasteiger partial charge on any atom is 0.298 e. The van der Waals surface area contributed by atoms with Gasteiger partial charge in [0.15, 0.2) is 0 Å². The van der Waals surface area contributed by atoms with Gasteiger partial charge in [0, 0.05) is 59.9 Å². The minimum Gasteiger partial charge on any atom is -0.379 e. The van der Waals surface area contributed by atoms with E-state index in [0.29, 0.717) is 48.8 Å². The maximum atomic E-state index is 13.8. The number of nitrogens with zero attached hydrogens (tertiary/aromatic N) is 11. The van der Waals surface area contributed by atoms with E-state index in [1.807, 2.05) is 64.6 Å². The number of ether oxygens (including phenoxy) is 1. The molecule has 1 aliphatic heterocycles. The average Bonchev–Trinajstić information content (AvgIpc) is 3.89. The molecule has 0 atom stereocenters. The van der Waals surface area contributed by atoms with Crippen LogP contribution >= 0.6 is 0 Å². The summed E-state index contributed by atoms with van der Waals surface area (Å²) in [6.07, 6.45) is 1.60. The molecule has 0 saturated carbocycles. The highest BCUT2D eigenvalue weighted by molar-refractivity contribution is 5.94. The lowest BCUT2D eigenvalue weighted by molar-refractivity contribution is 0.0343. The monoisotopic (exact) mass is 719 g/mol. The van der Waals surface area contributed by atoms with Crippen molar-refractivity contribution >= 4 is 33.9 Å². The minimum atomic E-state index is -0.318. The Bertz CT molecular complexity index is 2440. The summed E-state index contributed by atoms with van der Waals surface area (Å²) in [5.41, 5.74) is 9.01. The van der Waals surface area contributed by atoms with E-state index >= 15 is 0 Å². The van der Waals surface area contributed by atoms with Crippen molar-refractivity contribution in [3.8, 4) is 0 Å². The lowest BCUT2D eigenvalue weighted by Gasteiger charge is -2.26. The number of unbranched alkanes of at least 4 members (excludes halogenated alkanes) is 1. The van der Waals surface area contributed by atoms with E-state index in [4.69, 9.17) is 9.73 Å². The van der Waals surface area contributed by atoms with Gasteiger partial charge in [0.05, 0.1) is 46.7 Å². The number of para-hydroxylation sites is 3. The second-order valence-electron chi connectivity index (χ2n) is 13.7. The van der Waals surface area contributed by atoms with Crippen LogP contribution < -0.4 is 11.2 Å². The third kappa shape index (κ3) is 7.08. The molecule has 0 unspecified atom stereocenters. The Morgan fingerprint density at radius 1 is 0.717 bits per heavy atom. The van der Waals surface area contributed by atoms with Gasteiger partial charge in [0.2, 0.25) is 11.2 Å². The van der Waals surface area contributed by atoms with E-state index in [1.165, 1.54) is 5.56 Å². The molecule has 278 valence electrons. The fourth-order valence-electron chi connectivity index (χ4n) is 7.54. The first kappa shape index (κ1) is 36.0. The predicted molar refractivity (Wildman–Crippen MR) is 202 cm³/mol. The van der Waals surface area contributed by atoms with E-state index in [1.54, 1.807) is 21.5 Å². The second-order valence-corrected chi connectivity index (χ2v) is 13.7. The van der Waals surface area contributed by atoms with E-state index in [0.717, 1.165) is 79.1 Å². The van der Waals surface area contributed by atoms with Crippen molar-refractivity contribution in [3.63, 3.8) is 0 Å². The molecule has 14 nitrogen and oxygen atoms in total. The lowest BCUT2D eigenvalue weighted by Crippen LogP contribution is -2.35. The fraction of sp³-hybridized carbons (Fsp3) is 0.436. The first-order valence-electron chi connectivity index (χ1n) is 18.6. The third-order valence-electron chi connectivity index (χ3n) is 10.1. The van der Waals surface area contributed by atoms with Gasteiger partial charge in [-0.15, -0.1) is 0 Å². The lowest BCUT2D eigenvalue weighted by atomic mass is 10.1. The van der Waals surface area contributed by atoms with Gasteiger partial charge >= 0.3 is 0 Å². The maximum absolute atomic E-state index is 13.8. The summed E-state index contributed by atoms with van der Waals surface area (Å²) in [5.74, 6) is -0.634. The molecule has 1 fully saturated rings. The van der Waals surface area contributed by atoms with E-state index in [2.05, 4.69) is 58.1 Å². The summed E-state index contributed by atoms with van der Waals surface area (Å²) in [5, 5.41) is 8.95. The van der Waals surface area contributed by atoms with Crippen molar-refractivity contribution in [1.82, 2.24) is 42.7 Å². The summed E-state index contributed by atoms with van der Waals surface area (Å²) in [4.78, 5) is 39.2. The Hall–Kier alpha value is -5.34. The van der Waals surface area contributed by atoms with Gasteiger partial charge in [-0.05, 0) is 76.4 Å². The van der Waals surface area contributed by atoms with Crippen LogP contribution in [0.5, 0.6) is 0 Å². The molecular formula is C39H49N11O3. The Morgan fingerprint density at radius 2 is 1.25 bits per heavy atom. The summed E-state index contributed by atoms with van der Waals surface area (Å²) < 4.78 is 17.4. The molecule has 0 spiro atoms. The molecule has 14 heteroatoms. The molecule has 0 bridgehead atoms.